The Kier molecular flexibility index (Phi) is 7.61. The lowest BCUT2D eigenvalue weighted by Gasteiger charge is -2.16. The number of hydrogen-bond donors (Lipinski definition) is 3. The molecule has 0 aliphatic heterocycles. The number of aliphatic hydroxyl groups is 1. The van der Waals surface area contributed by atoms with Crippen LogP contribution in [0.25, 0.3) is 0 Å². The largest absolute Gasteiger partial charge is 0.393 e. The van der Waals surface area contributed by atoms with E-state index in [1.54, 1.807) is 6.92 Å². The van der Waals surface area contributed by atoms with Crippen LogP contribution < -0.4 is 10.6 Å². The van der Waals surface area contributed by atoms with Crippen molar-refractivity contribution in [3.05, 3.63) is 29.8 Å². The second-order valence-electron chi connectivity index (χ2n) is 5.50. The van der Waals surface area contributed by atoms with E-state index in [2.05, 4.69) is 36.6 Å². The van der Waals surface area contributed by atoms with E-state index in [-0.39, 0.29) is 12.1 Å². The van der Waals surface area contributed by atoms with Crippen LogP contribution >= 0.6 is 11.8 Å². The number of aliphatic hydroxyl groups excluding tert-OH is 1. The topological polar surface area (TPSA) is 61.4 Å². The molecule has 0 bridgehead atoms. The third-order valence-corrected chi connectivity index (χ3v) is 3.96. The maximum atomic E-state index is 11.7. The lowest BCUT2D eigenvalue weighted by atomic mass is 10.1. The van der Waals surface area contributed by atoms with Crippen LogP contribution in [0.5, 0.6) is 0 Å². The molecular weight excluding hydrogens is 284 g/mol. The Bertz CT molecular complexity index is 432. The number of urea groups is 1. The summed E-state index contributed by atoms with van der Waals surface area (Å²) in [6.07, 6.45) is 0.164. The third-order valence-electron chi connectivity index (χ3n) is 2.95. The van der Waals surface area contributed by atoms with Crippen molar-refractivity contribution >= 4 is 17.8 Å². The van der Waals surface area contributed by atoms with Gasteiger partial charge in [0.25, 0.3) is 0 Å². The first kappa shape index (κ1) is 17.9. The van der Waals surface area contributed by atoms with Gasteiger partial charge in [-0.2, -0.15) is 0 Å². The summed E-state index contributed by atoms with van der Waals surface area (Å²) in [6, 6.07) is 8.02. The number of benzene rings is 1. The molecule has 2 atom stereocenters. The van der Waals surface area contributed by atoms with E-state index in [1.165, 1.54) is 4.90 Å². The second kappa shape index (κ2) is 8.95. The molecule has 3 N–H and O–H groups in total. The SMILES string of the molecule is CC(O)CCNC(=O)NC(C)c1ccc(SC(C)C)cc1. The van der Waals surface area contributed by atoms with E-state index in [1.807, 2.05) is 30.8 Å². The zero-order valence-corrected chi connectivity index (χ0v) is 14.0. The minimum Gasteiger partial charge on any atom is -0.393 e. The highest BCUT2D eigenvalue weighted by Crippen LogP contribution is 2.24. The lowest BCUT2D eigenvalue weighted by Crippen LogP contribution is -2.38. The van der Waals surface area contributed by atoms with Gasteiger partial charge in [-0.05, 0) is 38.0 Å². The number of amides is 2. The number of rotatable bonds is 7. The van der Waals surface area contributed by atoms with E-state index in [9.17, 15) is 4.79 Å². The molecule has 5 heteroatoms. The molecule has 118 valence electrons. The fourth-order valence-electron chi connectivity index (χ4n) is 1.83. The first-order valence-electron chi connectivity index (χ1n) is 7.37. The molecule has 0 saturated carbocycles. The van der Waals surface area contributed by atoms with Crippen molar-refractivity contribution in [3.63, 3.8) is 0 Å². The molecule has 2 amide bonds. The van der Waals surface area contributed by atoms with Gasteiger partial charge >= 0.3 is 6.03 Å². The van der Waals surface area contributed by atoms with Crippen molar-refractivity contribution in [1.82, 2.24) is 10.6 Å². The van der Waals surface area contributed by atoms with Gasteiger partial charge in [0.15, 0.2) is 0 Å². The number of carbonyl (C=O) groups is 1. The molecule has 21 heavy (non-hydrogen) atoms. The van der Waals surface area contributed by atoms with Crippen LogP contribution in [0.4, 0.5) is 4.79 Å². The highest BCUT2D eigenvalue weighted by molar-refractivity contribution is 7.99. The molecule has 2 unspecified atom stereocenters. The molecule has 4 nitrogen and oxygen atoms in total. The van der Waals surface area contributed by atoms with Gasteiger partial charge in [0.05, 0.1) is 12.1 Å². The van der Waals surface area contributed by atoms with Gasteiger partial charge in [0, 0.05) is 16.7 Å². The van der Waals surface area contributed by atoms with Crippen molar-refractivity contribution in [2.24, 2.45) is 0 Å². The molecule has 0 aliphatic carbocycles. The van der Waals surface area contributed by atoms with E-state index < -0.39 is 6.10 Å². The fraction of sp³-hybridized carbons (Fsp3) is 0.562. The van der Waals surface area contributed by atoms with Crippen LogP contribution in [0.3, 0.4) is 0 Å². The van der Waals surface area contributed by atoms with E-state index in [4.69, 9.17) is 5.11 Å². The van der Waals surface area contributed by atoms with Crippen molar-refractivity contribution in [2.45, 2.75) is 56.4 Å². The van der Waals surface area contributed by atoms with Crippen molar-refractivity contribution in [3.8, 4) is 0 Å². The summed E-state index contributed by atoms with van der Waals surface area (Å²) in [7, 11) is 0. The quantitative estimate of drug-likeness (QED) is 0.677. The zero-order valence-electron chi connectivity index (χ0n) is 13.2. The normalized spacial score (nSPS) is 13.8. The summed E-state index contributed by atoms with van der Waals surface area (Å²) < 4.78 is 0. The summed E-state index contributed by atoms with van der Waals surface area (Å²) in [6.45, 7) is 8.47. The van der Waals surface area contributed by atoms with Gasteiger partial charge in [-0.25, -0.2) is 4.79 Å². The van der Waals surface area contributed by atoms with Gasteiger partial charge in [-0.3, -0.25) is 0 Å². The molecule has 0 aliphatic rings. The molecule has 1 rings (SSSR count). The fourth-order valence-corrected chi connectivity index (χ4v) is 2.67. The summed E-state index contributed by atoms with van der Waals surface area (Å²) in [4.78, 5) is 13.0. The predicted molar refractivity (Wildman–Crippen MR) is 88.7 cm³/mol. The Morgan fingerprint density at radius 3 is 2.33 bits per heavy atom. The molecule has 0 heterocycles. The Morgan fingerprint density at radius 1 is 1.19 bits per heavy atom. The van der Waals surface area contributed by atoms with Crippen LogP contribution in [0, 0.1) is 0 Å². The lowest BCUT2D eigenvalue weighted by molar-refractivity contribution is 0.183. The zero-order chi connectivity index (χ0) is 15.8. The average molecular weight is 310 g/mol. The maximum absolute atomic E-state index is 11.7. The third kappa shape index (κ3) is 7.39. The summed E-state index contributed by atoms with van der Waals surface area (Å²) in [5, 5.41) is 15.3. The molecule has 0 fully saturated rings. The number of thioether (sulfide) groups is 1. The van der Waals surface area contributed by atoms with Gasteiger partial charge in [0.1, 0.15) is 0 Å². The van der Waals surface area contributed by atoms with Crippen LogP contribution in [0.2, 0.25) is 0 Å². The van der Waals surface area contributed by atoms with Gasteiger partial charge < -0.3 is 15.7 Å². The molecular formula is C16H26N2O2S. The number of carbonyl (C=O) groups excluding carboxylic acids is 1. The summed E-state index contributed by atoms with van der Waals surface area (Å²) in [5.74, 6) is 0. The molecule has 0 spiro atoms. The summed E-state index contributed by atoms with van der Waals surface area (Å²) >= 11 is 1.82. The standard InChI is InChI=1S/C16H26N2O2S/c1-11(2)21-15-7-5-14(6-8-15)13(4)18-16(20)17-10-9-12(3)19/h5-8,11-13,19H,9-10H2,1-4H3,(H2,17,18,20). The van der Waals surface area contributed by atoms with Crippen LogP contribution in [-0.4, -0.2) is 29.0 Å². The van der Waals surface area contributed by atoms with Gasteiger partial charge in [0.2, 0.25) is 0 Å². The Balaban J connectivity index is 2.44. The van der Waals surface area contributed by atoms with Crippen LogP contribution in [0.15, 0.2) is 29.2 Å². The molecule has 0 radical (unpaired) electrons. The van der Waals surface area contributed by atoms with Gasteiger partial charge in [-0.15, -0.1) is 11.8 Å². The van der Waals surface area contributed by atoms with E-state index >= 15 is 0 Å². The molecule has 1 aromatic carbocycles. The Labute approximate surface area is 131 Å². The highest BCUT2D eigenvalue weighted by Gasteiger charge is 2.09. The van der Waals surface area contributed by atoms with Gasteiger partial charge in [-0.1, -0.05) is 26.0 Å². The number of nitrogens with one attached hydrogen (secondary N) is 2. The minimum atomic E-state index is -0.395. The molecule has 0 saturated heterocycles. The first-order valence-corrected chi connectivity index (χ1v) is 8.25. The van der Waals surface area contributed by atoms with Crippen LogP contribution in [0.1, 0.15) is 45.7 Å². The van der Waals surface area contributed by atoms with E-state index in [0.717, 1.165) is 5.56 Å². The van der Waals surface area contributed by atoms with E-state index in [0.29, 0.717) is 18.2 Å². The smallest absolute Gasteiger partial charge is 0.315 e. The molecule has 1 aromatic rings. The Morgan fingerprint density at radius 2 is 1.81 bits per heavy atom. The average Bonchev–Trinajstić information content (AvgIpc) is 2.38. The summed E-state index contributed by atoms with van der Waals surface area (Å²) in [5.41, 5.74) is 1.08. The second-order valence-corrected chi connectivity index (χ2v) is 7.15. The highest BCUT2D eigenvalue weighted by atomic mass is 32.2. The maximum Gasteiger partial charge on any atom is 0.315 e. The van der Waals surface area contributed by atoms with Crippen molar-refractivity contribution in [1.29, 1.82) is 0 Å². The Hall–Kier alpha value is -1.20. The van der Waals surface area contributed by atoms with Crippen molar-refractivity contribution in [2.75, 3.05) is 6.54 Å². The monoisotopic (exact) mass is 310 g/mol. The van der Waals surface area contributed by atoms with Crippen molar-refractivity contribution < 1.29 is 9.90 Å². The first-order chi connectivity index (χ1) is 9.88. The number of hydrogen-bond acceptors (Lipinski definition) is 3. The predicted octanol–water partition coefficient (Wildman–Crippen LogP) is 3.32. The molecule has 0 aromatic heterocycles. The minimum absolute atomic E-state index is 0.0466. The van der Waals surface area contributed by atoms with Crippen LogP contribution in [-0.2, 0) is 0 Å².